The summed E-state index contributed by atoms with van der Waals surface area (Å²) >= 11 is 6.34. The molecule has 0 aromatic heterocycles. The molecule has 0 spiro atoms. The average Bonchev–Trinajstić information content (AvgIpc) is 3.89. The molecule has 1 fully saturated rings. The van der Waals surface area contributed by atoms with E-state index in [0.29, 0.717) is 22.9 Å². The molecule has 0 saturated carbocycles. The quantitative estimate of drug-likeness (QED) is 0.207. The third kappa shape index (κ3) is 12.3. The maximum atomic E-state index is 13.7. The number of methoxy groups -OCH3 is 1. The predicted octanol–water partition coefficient (Wildman–Crippen LogP) is 6.44. The Morgan fingerprint density at radius 1 is 0.981 bits per heavy atom. The average molecular weight is 755 g/mol. The number of carbonyl (C=O) groups is 4. The summed E-state index contributed by atoms with van der Waals surface area (Å²) in [5.74, 6) is -2.15. The van der Waals surface area contributed by atoms with Crippen LogP contribution in [0.15, 0.2) is 54.6 Å². The van der Waals surface area contributed by atoms with Crippen LogP contribution in [-0.4, -0.2) is 67.4 Å². The lowest BCUT2D eigenvalue weighted by Crippen LogP contribution is -2.51. The summed E-state index contributed by atoms with van der Waals surface area (Å²) in [6.45, 7) is 15.5. The number of benzene rings is 2. The Morgan fingerprint density at radius 3 is 2.28 bits per heavy atom. The van der Waals surface area contributed by atoms with E-state index in [4.69, 9.17) is 35.3 Å². The first-order valence-electron chi connectivity index (χ1n) is 18.2. The first-order chi connectivity index (χ1) is 24.9. The van der Waals surface area contributed by atoms with Gasteiger partial charge in [0, 0.05) is 25.3 Å². The number of carbonyl (C=O) groups excluding carboxylic acids is 4. The molecule has 2 amide bonds. The van der Waals surface area contributed by atoms with Gasteiger partial charge in [-0.3, -0.25) is 14.4 Å². The van der Waals surface area contributed by atoms with Crippen molar-refractivity contribution >= 4 is 35.4 Å². The van der Waals surface area contributed by atoms with Crippen molar-refractivity contribution in [1.82, 2.24) is 10.6 Å². The van der Waals surface area contributed by atoms with E-state index in [2.05, 4.69) is 10.6 Å². The van der Waals surface area contributed by atoms with Crippen LogP contribution < -0.4 is 15.4 Å². The largest absolute Gasteiger partial charge is 0.495 e. The molecular weight excluding hydrogens is 700 g/mol. The molecule has 2 aromatic carbocycles. The smallest absolute Gasteiger partial charge is 0.347 e. The molecule has 0 bridgehead atoms. The summed E-state index contributed by atoms with van der Waals surface area (Å²) in [7, 11) is 1.51. The fraction of sp³-hybridized carbons (Fsp3) is 0.561. The number of halogens is 1. The van der Waals surface area contributed by atoms with E-state index < -0.39 is 47.4 Å². The number of cyclic esters (lactones) is 2. The van der Waals surface area contributed by atoms with E-state index in [1.54, 1.807) is 38.1 Å². The van der Waals surface area contributed by atoms with Gasteiger partial charge in [-0.2, -0.15) is 0 Å². The van der Waals surface area contributed by atoms with Crippen LogP contribution in [0.3, 0.4) is 0 Å². The van der Waals surface area contributed by atoms with Crippen LogP contribution in [0, 0.1) is 17.3 Å². The van der Waals surface area contributed by atoms with Crippen molar-refractivity contribution in [2.45, 2.75) is 117 Å². The number of amides is 2. The van der Waals surface area contributed by atoms with Gasteiger partial charge in [-0.15, -0.1) is 0 Å². The van der Waals surface area contributed by atoms with Gasteiger partial charge in [-0.1, -0.05) is 68.8 Å². The summed E-state index contributed by atoms with van der Waals surface area (Å²) in [6.07, 6.45) is 1.15. The van der Waals surface area contributed by atoms with Gasteiger partial charge in [0.05, 0.1) is 35.9 Å². The van der Waals surface area contributed by atoms with E-state index in [1.807, 2.05) is 65.8 Å². The van der Waals surface area contributed by atoms with E-state index in [9.17, 15) is 19.2 Å². The lowest BCUT2D eigenvalue weighted by atomic mass is 9.92. The van der Waals surface area contributed by atoms with E-state index in [-0.39, 0.29) is 55.5 Å². The molecule has 4 rings (SSSR count). The number of rotatable bonds is 10. The van der Waals surface area contributed by atoms with Crippen molar-refractivity contribution in [3.63, 3.8) is 0 Å². The number of epoxide rings is 1. The Balaban J connectivity index is 1.57. The Hall–Kier alpha value is -3.93. The topological polar surface area (TPSA) is 142 Å². The summed E-state index contributed by atoms with van der Waals surface area (Å²) in [6, 6.07) is 12.2. The Morgan fingerprint density at radius 2 is 1.66 bits per heavy atom. The monoisotopic (exact) mass is 754 g/mol. The van der Waals surface area contributed by atoms with Gasteiger partial charge in [0.15, 0.2) is 6.10 Å². The van der Waals surface area contributed by atoms with Crippen LogP contribution >= 0.6 is 11.6 Å². The van der Waals surface area contributed by atoms with Crippen molar-refractivity contribution in [3.8, 4) is 5.75 Å². The zero-order valence-electron chi connectivity index (χ0n) is 32.3. The molecule has 290 valence electrons. The molecule has 1 unspecified atom stereocenters. The third-order valence-electron chi connectivity index (χ3n) is 9.26. The van der Waals surface area contributed by atoms with Gasteiger partial charge >= 0.3 is 11.9 Å². The summed E-state index contributed by atoms with van der Waals surface area (Å²) in [5, 5.41) is 5.93. The van der Waals surface area contributed by atoms with Crippen molar-refractivity contribution in [3.05, 3.63) is 76.3 Å². The standard InChI is InChI=1S/C41H55ClN2O9/c1-24(2)19-33-38(47)51-31(25(3)35-36(53-35)28-16-13-26(14-17-28)22-50-40(4,5)6)11-10-12-34(45)44-30(21-27-15-18-32(49-9)29(42)20-27)37(46)43-23-41(7,8)39(48)52-33/h10,12-18,20,24-25,30-31,33,35-36H,11,19,21-23H2,1-9H3,(H,43,46)(H,44,45)/b12-10+/t25-,30?,31-,33-,35+,36+/m0/s1. The summed E-state index contributed by atoms with van der Waals surface area (Å²) in [5.41, 5.74) is 1.27. The van der Waals surface area contributed by atoms with E-state index in [0.717, 1.165) is 11.1 Å². The normalized spacial score (nSPS) is 25.5. The van der Waals surface area contributed by atoms with Gasteiger partial charge < -0.3 is 34.3 Å². The lowest BCUT2D eigenvalue weighted by molar-refractivity contribution is -0.179. The van der Waals surface area contributed by atoms with Crippen molar-refractivity contribution in [2.24, 2.45) is 17.3 Å². The van der Waals surface area contributed by atoms with E-state index in [1.165, 1.54) is 13.2 Å². The highest BCUT2D eigenvalue weighted by Gasteiger charge is 2.48. The van der Waals surface area contributed by atoms with E-state index >= 15 is 0 Å². The van der Waals surface area contributed by atoms with Gasteiger partial charge in [0.2, 0.25) is 11.8 Å². The molecule has 0 aliphatic carbocycles. The number of nitrogens with one attached hydrogen (secondary N) is 2. The van der Waals surface area contributed by atoms with Gasteiger partial charge in [-0.05, 0) is 81.9 Å². The second-order valence-electron chi connectivity index (χ2n) is 16.0. The fourth-order valence-electron chi connectivity index (χ4n) is 5.93. The summed E-state index contributed by atoms with van der Waals surface area (Å²) in [4.78, 5) is 54.0. The summed E-state index contributed by atoms with van der Waals surface area (Å²) < 4.78 is 29.2. The lowest BCUT2D eigenvalue weighted by Gasteiger charge is -2.29. The minimum Gasteiger partial charge on any atom is -0.495 e. The highest BCUT2D eigenvalue weighted by molar-refractivity contribution is 6.32. The first kappa shape index (κ1) is 41.8. The van der Waals surface area contributed by atoms with Crippen LogP contribution in [0.2, 0.25) is 5.02 Å². The second-order valence-corrected chi connectivity index (χ2v) is 16.4. The van der Waals surface area contributed by atoms with Gasteiger partial charge in [0.25, 0.3) is 0 Å². The van der Waals surface area contributed by atoms with Crippen LogP contribution in [-0.2, 0) is 51.2 Å². The predicted molar refractivity (Wildman–Crippen MR) is 201 cm³/mol. The highest BCUT2D eigenvalue weighted by atomic mass is 35.5. The zero-order valence-corrected chi connectivity index (χ0v) is 33.1. The van der Waals surface area contributed by atoms with Crippen LogP contribution in [0.4, 0.5) is 0 Å². The van der Waals surface area contributed by atoms with Crippen molar-refractivity contribution in [1.29, 1.82) is 0 Å². The Labute approximate surface area is 318 Å². The third-order valence-corrected chi connectivity index (χ3v) is 9.55. The Bertz CT molecular complexity index is 1630. The molecule has 2 aromatic rings. The van der Waals surface area contributed by atoms with Crippen molar-refractivity contribution in [2.75, 3.05) is 13.7 Å². The van der Waals surface area contributed by atoms with Crippen LogP contribution in [0.5, 0.6) is 5.75 Å². The molecule has 2 heterocycles. The first-order valence-corrected chi connectivity index (χ1v) is 18.6. The number of hydrogen-bond donors (Lipinski definition) is 2. The molecule has 2 aliphatic heterocycles. The molecule has 12 heteroatoms. The minimum atomic E-state index is -1.21. The molecule has 0 radical (unpaired) electrons. The number of ether oxygens (including phenoxy) is 5. The minimum absolute atomic E-state index is 0.00774. The molecule has 2 N–H and O–H groups in total. The number of hydrogen-bond acceptors (Lipinski definition) is 9. The van der Waals surface area contributed by atoms with Gasteiger partial charge in [0.1, 0.15) is 24.0 Å². The molecule has 11 nitrogen and oxygen atoms in total. The highest BCUT2D eigenvalue weighted by Crippen LogP contribution is 2.45. The SMILES string of the molecule is COc1ccc(CC2NC(=O)/C=C/C[C@@H]([C@H](C)[C@H]3O[C@@H]3c3ccc(COC(C)(C)C)cc3)OC(=O)[C@H](CC(C)C)OC(=O)C(C)(C)CNC2=O)cc1Cl. The second kappa shape index (κ2) is 17.9. The Kier molecular flexibility index (Phi) is 14.1. The molecule has 6 atom stereocenters. The maximum Gasteiger partial charge on any atom is 0.347 e. The maximum absolute atomic E-state index is 13.7. The zero-order chi connectivity index (χ0) is 39.1. The fourth-order valence-corrected chi connectivity index (χ4v) is 6.21. The van der Waals surface area contributed by atoms with Crippen molar-refractivity contribution < 1.29 is 42.9 Å². The molecule has 2 aliphatic rings. The van der Waals surface area contributed by atoms with Crippen LogP contribution in [0.1, 0.15) is 91.0 Å². The molecule has 1 saturated heterocycles. The van der Waals surface area contributed by atoms with Crippen LogP contribution in [0.25, 0.3) is 0 Å². The molecular formula is C41H55ClN2O9. The van der Waals surface area contributed by atoms with Gasteiger partial charge in [-0.25, -0.2) is 4.79 Å². The molecule has 53 heavy (non-hydrogen) atoms. The number of esters is 2.